The highest BCUT2D eigenvalue weighted by Gasteiger charge is 2.32. The highest BCUT2D eigenvalue weighted by Crippen LogP contribution is 2.27. The fraction of sp³-hybridized carbons (Fsp3) is 0.385. The van der Waals surface area contributed by atoms with Gasteiger partial charge in [0.2, 0.25) is 0 Å². The molecule has 0 spiro atoms. The average Bonchev–Trinajstić information content (AvgIpc) is 2.31. The fourth-order valence-corrected chi connectivity index (χ4v) is 2.06. The van der Waals surface area contributed by atoms with Crippen molar-refractivity contribution in [1.29, 1.82) is 0 Å². The van der Waals surface area contributed by atoms with E-state index in [2.05, 4.69) is 10.6 Å². The minimum absolute atomic E-state index is 0.155. The molecule has 0 unspecified atom stereocenters. The highest BCUT2D eigenvalue weighted by atomic mass is 35.5. The zero-order valence-corrected chi connectivity index (χ0v) is 13.1. The van der Waals surface area contributed by atoms with Crippen molar-refractivity contribution in [3.8, 4) is 0 Å². The van der Waals surface area contributed by atoms with Crippen molar-refractivity contribution < 1.29 is 19.1 Å². The Labute approximate surface area is 131 Å². The molecule has 1 rings (SSSR count). The van der Waals surface area contributed by atoms with Gasteiger partial charge in [-0.3, -0.25) is 0 Å². The largest absolute Gasteiger partial charge is 0.480 e. The molecule has 21 heavy (non-hydrogen) atoms. The average molecular weight is 337 g/mol. The number of aliphatic carboxylic acids is 1. The van der Waals surface area contributed by atoms with Gasteiger partial charge in [-0.05, 0) is 17.5 Å². The van der Waals surface area contributed by atoms with E-state index >= 15 is 0 Å². The number of carboxylic acid groups (broad SMARTS) is 1. The summed E-state index contributed by atoms with van der Waals surface area (Å²) in [7, 11) is 0. The van der Waals surface area contributed by atoms with E-state index in [1.165, 1.54) is 12.1 Å². The Kier molecular flexibility index (Phi) is 5.42. The number of anilines is 1. The molecule has 0 heterocycles. The summed E-state index contributed by atoms with van der Waals surface area (Å²) in [6.07, 6.45) is 0. The number of carbonyl (C=O) groups is 2. The Morgan fingerprint density at radius 2 is 1.71 bits per heavy atom. The van der Waals surface area contributed by atoms with Crippen molar-refractivity contribution in [2.75, 3.05) is 5.32 Å². The zero-order valence-electron chi connectivity index (χ0n) is 11.6. The third-order valence-corrected chi connectivity index (χ3v) is 3.18. The summed E-state index contributed by atoms with van der Waals surface area (Å²) >= 11 is 11.2. The summed E-state index contributed by atoms with van der Waals surface area (Å²) < 4.78 is 13.3. The normalized spacial score (nSPS) is 12.7. The van der Waals surface area contributed by atoms with E-state index in [0.29, 0.717) is 0 Å². The molecule has 0 aliphatic heterocycles. The maximum atomic E-state index is 13.3. The van der Waals surface area contributed by atoms with Crippen LogP contribution in [-0.2, 0) is 4.79 Å². The quantitative estimate of drug-likeness (QED) is 0.735. The van der Waals surface area contributed by atoms with Crippen LogP contribution in [0, 0.1) is 11.2 Å². The molecule has 2 amide bonds. The first kappa shape index (κ1) is 17.5. The van der Waals surface area contributed by atoms with Crippen molar-refractivity contribution in [2.24, 2.45) is 5.41 Å². The number of urea groups is 1. The molecule has 0 aromatic heterocycles. The number of hydrogen-bond acceptors (Lipinski definition) is 2. The third-order valence-electron chi connectivity index (χ3n) is 2.63. The lowest BCUT2D eigenvalue weighted by Crippen LogP contribution is -2.50. The molecule has 0 bridgehead atoms. The summed E-state index contributed by atoms with van der Waals surface area (Å²) in [6.45, 7) is 5.03. The van der Waals surface area contributed by atoms with Crippen LogP contribution in [0.2, 0.25) is 10.0 Å². The Morgan fingerprint density at radius 3 is 2.10 bits per heavy atom. The van der Waals surface area contributed by atoms with E-state index in [1.807, 2.05) is 0 Å². The molecule has 0 aliphatic carbocycles. The van der Waals surface area contributed by atoms with E-state index in [0.717, 1.165) is 0 Å². The highest BCUT2D eigenvalue weighted by molar-refractivity contribution is 6.35. The summed E-state index contributed by atoms with van der Waals surface area (Å²) in [5, 5.41) is 13.3. The first-order valence-electron chi connectivity index (χ1n) is 5.97. The van der Waals surface area contributed by atoms with E-state index in [4.69, 9.17) is 28.3 Å². The molecule has 0 saturated heterocycles. The molecule has 0 aliphatic rings. The lowest BCUT2D eigenvalue weighted by Gasteiger charge is -2.27. The van der Waals surface area contributed by atoms with E-state index in [1.54, 1.807) is 20.8 Å². The number of rotatable bonds is 3. The van der Waals surface area contributed by atoms with Crippen LogP contribution < -0.4 is 10.6 Å². The summed E-state index contributed by atoms with van der Waals surface area (Å²) in [5.41, 5.74) is -0.525. The number of carboxylic acids is 1. The number of amides is 2. The molecule has 3 N–H and O–H groups in total. The van der Waals surface area contributed by atoms with Crippen molar-refractivity contribution in [2.45, 2.75) is 26.8 Å². The number of nitrogens with one attached hydrogen (secondary N) is 2. The summed E-state index contributed by atoms with van der Waals surface area (Å²) in [5.74, 6) is -1.95. The zero-order chi connectivity index (χ0) is 16.4. The molecule has 1 aromatic carbocycles. The van der Waals surface area contributed by atoms with Crippen molar-refractivity contribution >= 4 is 40.9 Å². The SMILES string of the molecule is CC(C)(C)[C@H](NC(=O)Nc1cc(Cl)c(F)c(Cl)c1)C(=O)O. The second-order valence-corrected chi connectivity index (χ2v) is 6.30. The molecule has 0 radical (unpaired) electrons. The molecular weight excluding hydrogens is 322 g/mol. The van der Waals surface area contributed by atoms with Crippen LogP contribution in [0.3, 0.4) is 0 Å². The van der Waals surface area contributed by atoms with Gasteiger partial charge in [0.25, 0.3) is 0 Å². The third kappa shape index (κ3) is 4.75. The molecular formula is C13H15Cl2FN2O3. The molecule has 116 valence electrons. The van der Waals surface area contributed by atoms with Crippen molar-refractivity contribution in [3.05, 3.63) is 28.0 Å². The Bertz CT molecular complexity index is 550. The number of halogens is 3. The molecule has 1 atom stereocenters. The molecule has 5 nitrogen and oxygen atoms in total. The van der Waals surface area contributed by atoms with Crippen molar-refractivity contribution in [1.82, 2.24) is 5.32 Å². The number of benzene rings is 1. The van der Waals surface area contributed by atoms with Crippen molar-refractivity contribution in [3.63, 3.8) is 0 Å². The van der Waals surface area contributed by atoms with Gasteiger partial charge in [0.1, 0.15) is 6.04 Å². The monoisotopic (exact) mass is 336 g/mol. The van der Waals surface area contributed by atoms with Gasteiger partial charge < -0.3 is 15.7 Å². The minimum atomic E-state index is -1.16. The van der Waals surface area contributed by atoms with Crippen LogP contribution in [0.25, 0.3) is 0 Å². The number of hydrogen-bond donors (Lipinski definition) is 3. The lowest BCUT2D eigenvalue weighted by molar-refractivity contribution is -0.141. The summed E-state index contributed by atoms with van der Waals surface area (Å²) in [4.78, 5) is 23.0. The predicted molar refractivity (Wildman–Crippen MR) is 79.5 cm³/mol. The Hall–Kier alpha value is -1.53. The predicted octanol–water partition coefficient (Wildman–Crippen LogP) is 3.75. The topological polar surface area (TPSA) is 78.4 Å². The van der Waals surface area contributed by atoms with Gasteiger partial charge >= 0.3 is 12.0 Å². The van der Waals surface area contributed by atoms with Gasteiger partial charge in [0.15, 0.2) is 5.82 Å². The molecule has 0 fully saturated rings. The van der Waals surface area contributed by atoms with Crippen LogP contribution in [0.1, 0.15) is 20.8 Å². The maximum Gasteiger partial charge on any atom is 0.326 e. The van der Waals surface area contributed by atoms with Gasteiger partial charge in [-0.1, -0.05) is 44.0 Å². The van der Waals surface area contributed by atoms with Gasteiger partial charge in [0, 0.05) is 5.69 Å². The van der Waals surface area contributed by atoms with Crippen LogP contribution >= 0.6 is 23.2 Å². The van der Waals surface area contributed by atoms with Crippen LogP contribution in [-0.4, -0.2) is 23.1 Å². The molecule has 1 aromatic rings. The van der Waals surface area contributed by atoms with Crippen LogP contribution in [0.15, 0.2) is 12.1 Å². The smallest absolute Gasteiger partial charge is 0.326 e. The Balaban J connectivity index is 2.85. The van der Waals surface area contributed by atoms with E-state index in [-0.39, 0.29) is 15.7 Å². The standard InChI is InChI=1S/C13H15Cl2FN2O3/c1-13(2,3)10(11(19)20)18-12(21)17-6-4-7(14)9(16)8(15)5-6/h4-5,10H,1-3H3,(H,19,20)(H2,17,18,21)/t10-/m1/s1. The second-order valence-electron chi connectivity index (χ2n) is 5.49. The van der Waals surface area contributed by atoms with E-state index in [9.17, 15) is 14.0 Å². The minimum Gasteiger partial charge on any atom is -0.480 e. The van der Waals surface area contributed by atoms with Gasteiger partial charge in [-0.2, -0.15) is 0 Å². The second kappa shape index (κ2) is 6.49. The van der Waals surface area contributed by atoms with Gasteiger partial charge in [-0.15, -0.1) is 0 Å². The van der Waals surface area contributed by atoms with Gasteiger partial charge in [-0.25, -0.2) is 14.0 Å². The van der Waals surface area contributed by atoms with Crippen LogP contribution in [0.4, 0.5) is 14.9 Å². The van der Waals surface area contributed by atoms with Gasteiger partial charge in [0.05, 0.1) is 10.0 Å². The first-order valence-corrected chi connectivity index (χ1v) is 6.73. The molecule has 8 heteroatoms. The maximum absolute atomic E-state index is 13.3. The Morgan fingerprint density at radius 1 is 1.24 bits per heavy atom. The lowest BCUT2D eigenvalue weighted by atomic mass is 9.87. The number of carbonyl (C=O) groups excluding carboxylic acids is 1. The fourth-order valence-electron chi connectivity index (χ4n) is 1.57. The first-order chi connectivity index (χ1) is 9.52. The summed E-state index contributed by atoms with van der Waals surface area (Å²) in [6, 6.07) is 0.504. The molecule has 0 saturated carbocycles. The van der Waals surface area contributed by atoms with E-state index < -0.39 is 29.3 Å². The van der Waals surface area contributed by atoms with Crippen LogP contribution in [0.5, 0.6) is 0 Å².